The first kappa shape index (κ1) is 12.3. The molecule has 0 saturated heterocycles. The standard InChI is InChI=1S/C15H21NO/c1-10(2)14(16-3)15(17)13-8-7-11-5-4-6-12(11)9-13/h7-10,14,16H,4-6H2,1-3H3. The van der Waals surface area contributed by atoms with Gasteiger partial charge in [-0.15, -0.1) is 0 Å². The van der Waals surface area contributed by atoms with Crippen LogP contribution in [0.1, 0.15) is 41.8 Å². The lowest BCUT2D eigenvalue weighted by atomic mass is 9.93. The predicted molar refractivity (Wildman–Crippen MR) is 70.5 cm³/mol. The fourth-order valence-electron chi connectivity index (χ4n) is 2.67. The minimum atomic E-state index is -0.0746. The number of likely N-dealkylation sites (N-methyl/N-ethyl adjacent to an activating group) is 1. The molecular formula is C15H21NO. The SMILES string of the molecule is CNC(C(=O)c1ccc2c(c1)CCC2)C(C)C. The van der Waals surface area contributed by atoms with Gasteiger partial charge in [0, 0.05) is 5.56 Å². The van der Waals surface area contributed by atoms with Crippen LogP contribution >= 0.6 is 0 Å². The molecule has 2 heteroatoms. The van der Waals surface area contributed by atoms with E-state index in [4.69, 9.17) is 0 Å². The van der Waals surface area contributed by atoms with Crippen LogP contribution in [0.15, 0.2) is 18.2 Å². The molecule has 0 aliphatic heterocycles. The highest BCUT2D eigenvalue weighted by Crippen LogP contribution is 2.23. The quantitative estimate of drug-likeness (QED) is 0.807. The number of ketones is 1. The van der Waals surface area contributed by atoms with E-state index in [9.17, 15) is 4.79 Å². The Morgan fingerprint density at radius 2 is 1.94 bits per heavy atom. The average molecular weight is 231 g/mol. The Balaban J connectivity index is 2.25. The number of hydrogen-bond donors (Lipinski definition) is 1. The number of rotatable bonds is 4. The lowest BCUT2D eigenvalue weighted by molar-refractivity contribution is 0.0922. The van der Waals surface area contributed by atoms with Crippen molar-refractivity contribution in [2.24, 2.45) is 5.92 Å². The van der Waals surface area contributed by atoms with Gasteiger partial charge in [-0.25, -0.2) is 0 Å². The second-order valence-electron chi connectivity index (χ2n) is 5.21. The van der Waals surface area contributed by atoms with E-state index >= 15 is 0 Å². The Hall–Kier alpha value is -1.15. The molecule has 0 radical (unpaired) electrons. The fraction of sp³-hybridized carbons (Fsp3) is 0.533. The van der Waals surface area contributed by atoms with Crippen LogP contribution in [-0.4, -0.2) is 18.9 Å². The highest BCUT2D eigenvalue weighted by Gasteiger charge is 2.22. The Bertz CT molecular complexity index is 423. The fourth-order valence-corrected chi connectivity index (χ4v) is 2.67. The van der Waals surface area contributed by atoms with Gasteiger partial charge in [-0.1, -0.05) is 26.0 Å². The summed E-state index contributed by atoms with van der Waals surface area (Å²) < 4.78 is 0. The minimum absolute atomic E-state index is 0.0746. The van der Waals surface area contributed by atoms with E-state index in [0.717, 1.165) is 12.0 Å². The van der Waals surface area contributed by atoms with Crippen LogP contribution in [0.4, 0.5) is 0 Å². The zero-order valence-corrected chi connectivity index (χ0v) is 10.9. The number of aryl methyl sites for hydroxylation is 2. The molecule has 1 aliphatic carbocycles. The number of fused-ring (bicyclic) bond motifs is 1. The van der Waals surface area contributed by atoms with E-state index in [1.54, 1.807) is 0 Å². The van der Waals surface area contributed by atoms with Gasteiger partial charge in [0.15, 0.2) is 5.78 Å². The summed E-state index contributed by atoms with van der Waals surface area (Å²) in [4.78, 5) is 12.4. The van der Waals surface area contributed by atoms with Crippen molar-refractivity contribution in [2.45, 2.75) is 39.2 Å². The average Bonchev–Trinajstić information content (AvgIpc) is 2.75. The van der Waals surface area contributed by atoms with Gasteiger partial charge in [-0.05, 0) is 49.4 Å². The van der Waals surface area contributed by atoms with Gasteiger partial charge in [0.25, 0.3) is 0 Å². The number of nitrogens with one attached hydrogen (secondary N) is 1. The summed E-state index contributed by atoms with van der Waals surface area (Å²) in [6.45, 7) is 4.15. The summed E-state index contributed by atoms with van der Waals surface area (Å²) >= 11 is 0. The van der Waals surface area contributed by atoms with Gasteiger partial charge in [0.1, 0.15) is 0 Å². The van der Waals surface area contributed by atoms with Crippen molar-refractivity contribution in [3.05, 3.63) is 34.9 Å². The van der Waals surface area contributed by atoms with E-state index in [-0.39, 0.29) is 11.8 Å². The molecule has 1 unspecified atom stereocenters. The summed E-state index contributed by atoms with van der Waals surface area (Å²) in [5.41, 5.74) is 3.65. The number of carbonyl (C=O) groups excluding carboxylic acids is 1. The van der Waals surface area contributed by atoms with E-state index < -0.39 is 0 Å². The van der Waals surface area contributed by atoms with Crippen LogP contribution in [-0.2, 0) is 12.8 Å². The van der Waals surface area contributed by atoms with Crippen LogP contribution in [0, 0.1) is 5.92 Å². The second kappa shape index (κ2) is 5.01. The molecule has 2 nitrogen and oxygen atoms in total. The summed E-state index contributed by atoms with van der Waals surface area (Å²) in [6, 6.07) is 6.13. The molecule has 0 spiro atoms. The molecule has 1 aliphatic rings. The molecule has 17 heavy (non-hydrogen) atoms. The van der Waals surface area contributed by atoms with E-state index in [1.807, 2.05) is 13.1 Å². The van der Waals surface area contributed by atoms with E-state index in [1.165, 1.54) is 24.0 Å². The van der Waals surface area contributed by atoms with Gasteiger partial charge in [-0.3, -0.25) is 4.79 Å². The predicted octanol–water partition coefficient (Wildman–Crippen LogP) is 2.60. The molecule has 0 heterocycles. The second-order valence-corrected chi connectivity index (χ2v) is 5.21. The van der Waals surface area contributed by atoms with Crippen molar-refractivity contribution < 1.29 is 4.79 Å². The number of carbonyl (C=O) groups is 1. The number of Topliss-reactive ketones (excluding diaryl/α,β-unsaturated/α-hetero) is 1. The van der Waals surface area contributed by atoms with Crippen molar-refractivity contribution >= 4 is 5.78 Å². The molecule has 0 saturated carbocycles. The lowest BCUT2D eigenvalue weighted by Crippen LogP contribution is -2.38. The molecule has 0 fully saturated rings. The first-order chi connectivity index (χ1) is 8.13. The van der Waals surface area contributed by atoms with Crippen LogP contribution < -0.4 is 5.32 Å². The normalized spacial score (nSPS) is 16.0. The van der Waals surface area contributed by atoms with Gasteiger partial charge in [0.05, 0.1) is 6.04 Å². The third kappa shape index (κ3) is 2.42. The maximum Gasteiger partial charge on any atom is 0.179 e. The minimum Gasteiger partial charge on any atom is -0.310 e. The maximum atomic E-state index is 12.4. The van der Waals surface area contributed by atoms with Crippen molar-refractivity contribution in [2.75, 3.05) is 7.05 Å². The van der Waals surface area contributed by atoms with Crippen LogP contribution in [0.2, 0.25) is 0 Å². The summed E-state index contributed by atoms with van der Waals surface area (Å²) in [5, 5.41) is 3.12. The Morgan fingerprint density at radius 3 is 2.59 bits per heavy atom. The topological polar surface area (TPSA) is 29.1 Å². The van der Waals surface area contributed by atoms with Gasteiger partial charge < -0.3 is 5.32 Å². The van der Waals surface area contributed by atoms with E-state index in [2.05, 4.69) is 31.3 Å². The lowest BCUT2D eigenvalue weighted by Gasteiger charge is -2.19. The molecule has 0 amide bonds. The van der Waals surface area contributed by atoms with E-state index in [0.29, 0.717) is 5.92 Å². The van der Waals surface area contributed by atoms with Crippen LogP contribution in [0.3, 0.4) is 0 Å². The molecule has 1 atom stereocenters. The molecule has 1 N–H and O–H groups in total. The Kier molecular flexibility index (Phi) is 3.63. The summed E-state index contributed by atoms with van der Waals surface area (Å²) in [7, 11) is 1.86. The van der Waals surface area contributed by atoms with Crippen molar-refractivity contribution in [1.29, 1.82) is 0 Å². The Labute approximate surface area is 103 Å². The summed E-state index contributed by atoms with van der Waals surface area (Å²) in [5.74, 6) is 0.540. The van der Waals surface area contributed by atoms with Crippen molar-refractivity contribution in [3.63, 3.8) is 0 Å². The monoisotopic (exact) mass is 231 g/mol. The van der Waals surface area contributed by atoms with Crippen molar-refractivity contribution in [3.8, 4) is 0 Å². The maximum absolute atomic E-state index is 12.4. The largest absolute Gasteiger partial charge is 0.310 e. The molecular weight excluding hydrogens is 210 g/mol. The van der Waals surface area contributed by atoms with Gasteiger partial charge in [-0.2, -0.15) is 0 Å². The van der Waals surface area contributed by atoms with Crippen molar-refractivity contribution in [1.82, 2.24) is 5.32 Å². The zero-order chi connectivity index (χ0) is 12.4. The number of benzene rings is 1. The van der Waals surface area contributed by atoms with Gasteiger partial charge in [0.2, 0.25) is 0 Å². The summed E-state index contributed by atoms with van der Waals surface area (Å²) in [6.07, 6.45) is 3.53. The van der Waals surface area contributed by atoms with Crippen LogP contribution in [0.25, 0.3) is 0 Å². The molecule has 1 aromatic carbocycles. The molecule has 0 bridgehead atoms. The number of hydrogen-bond acceptors (Lipinski definition) is 2. The third-order valence-corrected chi connectivity index (χ3v) is 3.64. The first-order valence-corrected chi connectivity index (χ1v) is 6.46. The molecule has 2 rings (SSSR count). The van der Waals surface area contributed by atoms with Crippen LogP contribution in [0.5, 0.6) is 0 Å². The van der Waals surface area contributed by atoms with Gasteiger partial charge >= 0.3 is 0 Å². The smallest absolute Gasteiger partial charge is 0.179 e. The highest BCUT2D eigenvalue weighted by atomic mass is 16.1. The third-order valence-electron chi connectivity index (χ3n) is 3.64. The Morgan fingerprint density at radius 1 is 1.24 bits per heavy atom. The molecule has 92 valence electrons. The highest BCUT2D eigenvalue weighted by molar-refractivity contribution is 6.00. The molecule has 0 aromatic heterocycles. The molecule has 1 aromatic rings. The zero-order valence-electron chi connectivity index (χ0n) is 10.9. The first-order valence-electron chi connectivity index (χ1n) is 6.46.